The number of azo groups is 1. The zero-order valence-electron chi connectivity index (χ0n) is 20.3. The third-order valence-electron chi connectivity index (χ3n) is 5.64. The predicted octanol–water partition coefficient (Wildman–Crippen LogP) is 5.53. The van der Waals surface area contributed by atoms with Crippen molar-refractivity contribution in [2.45, 2.75) is 0 Å². The molecule has 2 N–H and O–H groups in total. The Morgan fingerprint density at radius 1 is 1.05 bits per heavy atom. The minimum absolute atomic E-state index is 0.0250. The van der Waals surface area contributed by atoms with Crippen LogP contribution < -0.4 is 5.32 Å². The van der Waals surface area contributed by atoms with Gasteiger partial charge in [-0.1, -0.05) is 24.3 Å². The molecule has 2 aromatic heterocycles. The monoisotopic (exact) mass is 518 g/mol. The Morgan fingerprint density at radius 2 is 1.79 bits per heavy atom. The number of methoxy groups -OCH3 is 1. The summed E-state index contributed by atoms with van der Waals surface area (Å²) in [4.78, 5) is 36.5. The quantitative estimate of drug-likeness (QED) is 0.171. The van der Waals surface area contributed by atoms with Crippen molar-refractivity contribution in [3.8, 4) is 11.7 Å². The van der Waals surface area contributed by atoms with Crippen LogP contribution in [0.5, 0.6) is 5.75 Å². The van der Waals surface area contributed by atoms with E-state index in [-0.39, 0.29) is 28.7 Å². The second kappa shape index (κ2) is 10.6. The number of anilines is 1. The van der Waals surface area contributed by atoms with Crippen molar-refractivity contribution in [1.82, 2.24) is 19.7 Å². The van der Waals surface area contributed by atoms with E-state index in [2.05, 4.69) is 40.2 Å². The Kier molecular flexibility index (Phi) is 6.70. The van der Waals surface area contributed by atoms with E-state index < -0.39 is 17.6 Å². The predicted molar refractivity (Wildman–Crippen MR) is 141 cm³/mol. The molecule has 0 aliphatic heterocycles. The molecule has 0 atom stereocenters. The first-order valence-corrected chi connectivity index (χ1v) is 11.4. The van der Waals surface area contributed by atoms with Gasteiger partial charge in [0, 0.05) is 23.5 Å². The molecule has 0 bridgehead atoms. The number of carbonyl (C=O) groups excluding carboxylic acids is 2. The molecule has 0 spiro atoms. The first-order valence-electron chi connectivity index (χ1n) is 11.4. The van der Waals surface area contributed by atoms with Crippen molar-refractivity contribution >= 4 is 45.5 Å². The van der Waals surface area contributed by atoms with E-state index in [1.807, 2.05) is 0 Å². The lowest BCUT2D eigenvalue weighted by Gasteiger charge is -2.11. The first-order chi connectivity index (χ1) is 19.0. The van der Waals surface area contributed by atoms with E-state index >= 15 is 0 Å². The molecule has 12 heteroatoms. The Hall–Kier alpha value is -5.96. The van der Waals surface area contributed by atoms with Crippen LogP contribution in [0.3, 0.4) is 0 Å². The van der Waals surface area contributed by atoms with Crippen molar-refractivity contribution in [3.63, 3.8) is 0 Å². The van der Waals surface area contributed by atoms with Crippen LogP contribution >= 0.6 is 0 Å². The third kappa shape index (κ3) is 4.87. The van der Waals surface area contributed by atoms with Gasteiger partial charge >= 0.3 is 5.97 Å². The van der Waals surface area contributed by atoms with Crippen molar-refractivity contribution in [1.29, 1.82) is 0 Å². The molecule has 5 rings (SSSR count). The number of esters is 1. The number of nitrogens with zero attached hydrogens (tertiary/aromatic N) is 7. The van der Waals surface area contributed by atoms with Gasteiger partial charge in [0.2, 0.25) is 0 Å². The first kappa shape index (κ1) is 24.7. The highest BCUT2D eigenvalue weighted by molar-refractivity contribution is 6.11. The number of fused-ring (bicyclic) bond motifs is 1. The normalized spacial score (nSPS) is 10.9. The van der Waals surface area contributed by atoms with Crippen molar-refractivity contribution in [2.75, 3.05) is 12.4 Å². The highest BCUT2D eigenvalue weighted by atomic mass is 16.5. The molecular formula is C27H18N8O4. The average Bonchev–Trinajstić information content (AvgIpc) is 3.39. The number of carbonyl (C=O) groups is 2. The molecule has 0 fully saturated rings. The fourth-order valence-electron chi connectivity index (χ4n) is 3.75. The molecule has 0 aliphatic rings. The summed E-state index contributed by atoms with van der Waals surface area (Å²) in [5.41, 5.74) is 0.795. The summed E-state index contributed by atoms with van der Waals surface area (Å²) in [7, 11) is 1.28. The summed E-state index contributed by atoms with van der Waals surface area (Å²) in [6.07, 6.45) is 4.35. The zero-order valence-corrected chi connectivity index (χ0v) is 20.3. The Labute approximate surface area is 221 Å². The Balaban J connectivity index is 1.54. The molecule has 5 aromatic rings. The number of ether oxygens (including phenoxy) is 1. The van der Waals surface area contributed by atoms with Gasteiger partial charge in [0.25, 0.3) is 17.5 Å². The molecule has 0 aliphatic carbocycles. The lowest BCUT2D eigenvalue weighted by atomic mass is 10.0. The molecule has 0 radical (unpaired) electrons. The molecule has 0 saturated heterocycles. The van der Waals surface area contributed by atoms with Crippen molar-refractivity contribution in [2.24, 2.45) is 10.2 Å². The molecule has 3 aromatic carbocycles. The van der Waals surface area contributed by atoms with Gasteiger partial charge in [0.1, 0.15) is 5.69 Å². The number of benzene rings is 3. The van der Waals surface area contributed by atoms with Gasteiger partial charge in [-0.15, -0.1) is 10.2 Å². The van der Waals surface area contributed by atoms with E-state index in [1.54, 1.807) is 42.5 Å². The maximum Gasteiger partial charge on any atom is 0.337 e. The number of aromatic nitrogens is 4. The van der Waals surface area contributed by atoms with Crippen molar-refractivity contribution in [3.05, 3.63) is 102 Å². The number of phenolic OH excluding ortho intramolecular Hbond substituents is 1. The topological polar surface area (TPSA) is 148 Å². The molecule has 190 valence electrons. The summed E-state index contributed by atoms with van der Waals surface area (Å²) in [5.74, 6) is -1.28. The molecule has 0 unspecified atom stereocenters. The highest BCUT2D eigenvalue weighted by Crippen LogP contribution is 2.40. The molecule has 12 nitrogen and oxygen atoms in total. The van der Waals surface area contributed by atoms with E-state index in [0.717, 1.165) is 0 Å². The fourth-order valence-corrected chi connectivity index (χ4v) is 3.75. The smallest absolute Gasteiger partial charge is 0.337 e. The van der Waals surface area contributed by atoms with Crippen LogP contribution in [0.2, 0.25) is 0 Å². The number of aromatic hydroxyl groups is 1. The molecular weight excluding hydrogens is 500 g/mol. The van der Waals surface area contributed by atoms with Gasteiger partial charge in [0.05, 0.1) is 31.0 Å². The van der Waals surface area contributed by atoms with E-state index in [4.69, 9.17) is 6.57 Å². The lowest BCUT2D eigenvalue weighted by Crippen LogP contribution is -2.12. The van der Waals surface area contributed by atoms with Gasteiger partial charge < -0.3 is 15.2 Å². The van der Waals surface area contributed by atoms with Gasteiger partial charge in [-0.25, -0.2) is 19.6 Å². The maximum atomic E-state index is 13.2. The van der Waals surface area contributed by atoms with Crippen LogP contribution in [-0.2, 0) is 4.74 Å². The average molecular weight is 518 g/mol. The van der Waals surface area contributed by atoms with Crippen LogP contribution in [0.25, 0.3) is 21.6 Å². The van der Waals surface area contributed by atoms with Crippen LogP contribution in [0.4, 0.5) is 22.9 Å². The third-order valence-corrected chi connectivity index (χ3v) is 5.64. The highest BCUT2D eigenvalue weighted by Gasteiger charge is 2.20. The van der Waals surface area contributed by atoms with Crippen LogP contribution in [0, 0.1) is 6.57 Å². The van der Waals surface area contributed by atoms with Crippen LogP contribution in [-0.4, -0.2) is 43.8 Å². The molecule has 1 amide bonds. The van der Waals surface area contributed by atoms with E-state index in [0.29, 0.717) is 22.0 Å². The second-order valence-corrected chi connectivity index (χ2v) is 7.99. The van der Waals surface area contributed by atoms with Crippen molar-refractivity contribution < 1.29 is 19.4 Å². The largest absolute Gasteiger partial charge is 0.505 e. The fraction of sp³-hybridized carbons (Fsp3) is 0.0370. The minimum Gasteiger partial charge on any atom is -0.505 e. The number of phenols is 1. The Bertz CT molecular complexity index is 1770. The summed E-state index contributed by atoms with van der Waals surface area (Å²) < 4.78 is 5.94. The van der Waals surface area contributed by atoms with Crippen LogP contribution in [0.15, 0.2) is 89.5 Å². The SMILES string of the molecule is [C-]#[N+]c1cnn(-c2ncccn2)c1N=Nc1c(O)c(C(=O)Nc2ccc(C(=O)OC)cc2)cc2ccccc12. The number of hydrogen-bond acceptors (Lipinski definition) is 9. The summed E-state index contributed by atoms with van der Waals surface area (Å²) >= 11 is 0. The van der Waals surface area contributed by atoms with Gasteiger partial charge in [-0.3, -0.25) is 4.79 Å². The number of amides is 1. The lowest BCUT2D eigenvalue weighted by molar-refractivity contribution is 0.0600. The van der Waals surface area contributed by atoms with Gasteiger partial charge in [0.15, 0.2) is 11.6 Å². The van der Waals surface area contributed by atoms with E-state index in [1.165, 1.54) is 48.6 Å². The van der Waals surface area contributed by atoms with Crippen LogP contribution in [0.1, 0.15) is 20.7 Å². The van der Waals surface area contributed by atoms with E-state index in [9.17, 15) is 14.7 Å². The second-order valence-electron chi connectivity index (χ2n) is 7.99. The number of hydrogen-bond donors (Lipinski definition) is 2. The summed E-state index contributed by atoms with van der Waals surface area (Å²) in [6, 6.07) is 16.3. The molecule has 2 heterocycles. The van der Waals surface area contributed by atoms with Gasteiger partial charge in [-0.05, 0) is 41.8 Å². The summed E-state index contributed by atoms with van der Waals surface area (Å²) in [5, 5.41) is 27.6. The standard InChI is InChI=1S/C27H18N8O4/c1-28-21-15-31-35(27-29-12-5-13-30-27)24(21)34-33-22-19-7-4-3-6-17(19)14-20(23(22)36)25(37)32-18-10-8-16(9-11-18)26(38)39-2/h3-15,36H,2H3,(H,32,37). The molecule has 0 saturated carbocycles. The Morgan fingerprint density at radius 3 is 2.51 bits per heavy atom. The zero-order chi connectivity index (χ0) is 27.4. The van der Waals surface area contributed by atoms with Gasteiger partial charge in [-0.2, -0.15) is 9.78 Å². The summed E-state index contributed by atoms with van der Waals surface area (Å²) in [6.45, 7) is 7.46. The number of rotatable bonds is 6. The minimum atomic E-state index is -0.606. The molecule has 39 heavy (non-hydrogen) atoms. The number of nitrogens with one attached hydrogen (secondary N) is 1. The maximum absolute atomic E-state index is 13.2.